The summed E-state index contributed by atoms with van der Waals surface area (Å²) in [7, 11) is 1.95. The highest BCUT2D eigenvalue weighted by Gasteiger charge is 2.10. The summed E-state index contributed by atoms with van der Waals surface area (Å²) >= 11 is 6.15. The number of phenols is 1. The van der Waals surface area contributed by atoms with Gasteiger partial charge in [-0.25, -0.2) is 0 Å². The summed E-state index contributed by atoms with van der Waals surface area (Å²) in [5.41, 5.74) is 2.37. The van der Waals surface area contributed by atoms with E-state index >= 15 is 0 Å². The largest absolute Gasteiger partial charge is 0.508 e. The molecule has 0 bridgehead atoms. The van der Waals surface area contributed by atoms with Gasteiger partial charge in [-0.05, 0) is 43.8 Å². The molecular formula is C17H18ClNO2. The number of hydrogen-bond acceptors (Lipinski definition) is 3. The van der Waals surface area contributed by atoms with E-state index in [1.165, 1.54) is 6.92 Å². The summed E-state index contributed by atoms with van der Waals surface area (Å²) in [5, 5.41) is 10.7. The van der Waals surface area contributed by atoms with Gasteiger partial charge in [0.05, 0.1) is 0 Å². The van der Waals surface area contributed by atoms with Gasteiger partial charge < -0.3 is 5.11 Å². The third-order valence-corrected chi connectivity index (χ3v) is 3.69. The molecule has 21 heavy (non-hydrogen) atoms. The van der Waals surface area contributed by atoms with Gasteiger partial charge in [0, 0.05) is 29.2 Å². The minimum absolute atomic E-state index is 0.00925. The highest BCUT2D eigenvalue weighted by molar-refractivity contribution is 6.31. The number of aromatic hydroxyl groups is 1. The topological polar surface area (TPSA) is 40.5 Å². The van der Waals surface area contributed by atoms with Gasteiger partial charge in [0.15, 0.2) is 5.78 Å². The molecule has 1 N–H and O–H groups in total. The molecule has 3 nitrogen and oxygen atoms in total. The van der Waals surface area contributed by atoms with Gasteiger partial charge in [-0.3, -0.25) is 9.69 Å². The maximum absolute atomic E-state index is 11.4. The van der Waals surface area contributed by atoms with Crippen LogP contribution in [0.3, 0.4) is 0 Å². The van der Waals surface area contributed by atoms with Crippen molar-refractivity contribution in [2.24, 2.45) is 0 Å². The lowest BCUT2D eigenvalue weighted by Gasteiger charge is -2.18. The van der Waals surface area contributed by atoms with E-state index in [1.807, 2.05) is 36.2 Å². The average molecular weight is 304 g/mol. The third-order valence-electron chi connectivity index (χ3n) is 3.32. The lowest BCUT2D eigenvalue weighted by molar-refractivity contribution is 0.101. The molecule has 0 amide bonds. The molecule has 0 aliphatic carbocycles. The van der Waals surface area contributed by atoms with Crippen LogP contribution in [0, 0.1) is 0 Å². The smallest absolute Gasteiger partial charge is 0.159 e. The fraction of sp³-hybridized carbons (Fsp3) is 0.235. The summed E-state index contributed by atoms with van der Waals surface area (Å²) in [5.74, 6) is 0.191. The zero-order valence-corrected chi connectivity index (χ0v) is 12.9. The Bertz CT molecular complexity index is 655. The Balaban J connectivity index is 2.12. The molecule has 0 saturated heterocycles. The predicted octanol–water partition coefficient (Wildman–Crippen LogP) is 3.88. The first-order valence-corrected chi connectivity index (χ1v) is 7.10. The number of Topliss-reactive ketones (excluding diaryl/α,β-unsaturated/α-hetero) is 1. The Morgan fingerprint density at radius 1 is 1.14 bits per heavy atom. The number of nitrogens with zero attached hydrogens (tertiary/aromatic N) is 1. The monoisotopic (exact) mass is 303 g/mol. The second-order valence-corrected chi connectivity index (χ2v) is 5.57. The summed E-state index contributed by atoms with van der Waals surface area (Å²) in [4.78, 5) is 13.5. The molecule has 0 aromatic heterocycles. The molecule has 2 aromatic carbocycles. The number of ketones is 1. The van der Waals surface area contributed by atoms with Crippen molar-refractivity contribution >= 4 is 17.4 Å². The van der Waals surface area contributed by atoms with Crippen LogP contribution in [0.4, 0.5) is 0 Å². The van der Waals surface area contributed by atoms with Crippen LogP contribution in [0.2, 0.25) is 5.02 Å². The van der Waals surface area contributed by atoms with Crippen LogP contribution in [0.1, 0.15) is 28.4 Å². The van der Waals surface area contributed by atoms with E-state index < -0.39 is 0 Å². The number of carbonyl (C=O) groups excluding carboxylic acids is 1. The molecule has 0 spiro atoms. The highest BCUT2D eigenvalue weighted by atomic mass is 35.5. The molecule has 0 saturated carbocycles. The van der Waals surface area contributed by atoms with Crippen LogP contribution in [-0.4, -0.2) is 22.8 Å². The van der Waals surface area contributed by atoms with E-state index in [0.717, 1.165) is 16.1 Å². The van der Waals surface area contributed by atoms with E-state index in [9.17, 15) is 9.90 Å². The van der Waals surface area contributed by atoms with Gasteiger partial charge >= 0.3 is 0 Å². The first-order chi connectivity index (χ1) is 9.97. The van der Waals surface area contributed by atoms with Gasteiger partial charge in [0.25, 0.3) is 0 Å². The summed E-state index contributed by atoms with van der Waals surface area (Å²) < 4.78 is 0. The van der Waals surface area contributed by atoms with Crippen molar-refractivity contribution in [1.82, 2.24) is 4.90 Å². The first-order valence-electron chi connectivity index (χ1n) is 6.72. The minimum Gasteiger partial charge on any atom is -0.508 e. The summed E-state index contributed by atoms with van der Waals surface area (Å²) in [6, 6.07) is 12.6. The zero-order chi connectivity index (χ0) is 15.4. The molecule has 0 aliphatic heterocycles. The van der Waals surface area contributed by atoms with Crippen molar-refractivity contribution < 1.29 is 9.90 Å². The fourth-order valence-corrected chi connectivity index (χ4v) is 2.39. The van der Waals surface area contributed by atoms with Gasteiger partial charge in [0.2, 0.25) is 0 Å². The van der Waals surface area contributed by atoms with Crippen molar-refractivity contribution in [1.29, 1.82) is 0 Å². The van der Waals surface area contributed by atoms with E-state index in [1.54, 1.807) is 18.2 Å². The number of carbonyl (C=O) groups is 1. The normalized spacial score (nSPS) is 10.9. The van der Waals surface area contributed by atoms with Crippen LogP contribution >= 0.6 is 11.6 Å². The molecule has 0 aliphatic rings. The number of phenolic OH excluding ortho intramolecular Hbond substituents is 1. The van der Waals surface area contributed by atoms with Crippen molar-refractivity contribution in [3.8, 4) is 5.75 Å². The number of hydrogen-bond donors (Lipinski definition) is 1. The second kappa shape index (κ2) is 6.74. The molecule has 0 radical (unpaired) electrons. The van der Waals surface area contributed by atoms with E-state index in [0.29, 0.717) is 18.7 Å². The molecule has 4 heteroatoms. The average Bonchev–Trinajstić information content (AvgIpc) is 2.43. The Morgan fingerprint density at radius 2 is 1.81 bits per heavy atom. The molecule has 0 heterocycles. The van der Waals surface area contributed by atoms with Crippen molar-refractivity contribution in [3.63, 3.8) is 0 Å². The lowest BCUT2D eigenvalue weighted by atomic mass is 10.1. The Morgan fingerprint density at radius 3 is 2.48 bits per heavy atom. The van der Waals surface area contributed by atoms with Crippen LogP contribution in [0.25, 0.3) is 0 Å². The maximum Gasteiger partial charge on any atom is 0.159 e. The molecular weight excluding hydrogens is 286 g/mol. The van der Waals surface area contributed by atoms with Crippen molar-refractivity contribution in [3.05, 3.63) is 64.2 Å². The van der Waals surface area contributed by atoms with E-state index in [2.05, 4.69) is 0 Å². The van der Waals surface area contributed by atoms with Crippen LogP contribution < -0.4 is 0 Å². The van der Waals surface area contributed by atoms with Gasteiger partial charge in [-0.1, -0.05) is 29.8 Å². The fourth-order valence-electron chi connectivity index (χ4n) is 2.20. The van der Waals surface area contributed by atoms with E-state index in [-0.39, 0.29) is 11.5 Å². The Labute approximate surface area is 129 Å². The summed E-state index contributed by atoms with van der Waals surface area (Å²) in [6.45, 7) is 2.73. The minimum atomic E-state index is -0.00925. The third kappa shape index (κ3) is 4.06. The summed E-state index contributed by atoms with van der Waals surface area (Å²) in [6.07, 6.45) is 0. The highest BCUT2D eigenvalue weighted by Crippen LogP contribution is 2.22. The Hall–Kier alpha value is -1.84. The standard InChI is InChI=1S/C17H18ClNO2/c1-12(20)13-7-8-17(21)15(9-13)11-19(2)10-14-5-3-4-6-16(14)18/h3-9,21H,10-11H2,1-2H3. The molecule has 0 atom stereocenters. The first kappa shape index (κ1) is 15.5. The Kier molecular flexibility index (Phi) is 4.99. The lowest BCUT2D eigenvalue weighted by Crippen LogP contribution is -2.17. The van der Waals surface area contributed by atoms with Crippen LogP contribution in [0.15, 0.2) is 42.5 Å². The zero-order valence-electron chi connectivity index (χ0n) is 12.1. The maximum atomic E-state index is 11.4. The van der Waals surface area contributed by atoms with Gasteiger partial charge in [-0.2, -0.15) is 0 Å². The molecule has 2 rings (SSSR count). The molecule has 110 valence electrons. The molecule has 2 aromatic rings. The molecule has 0 fully saturated rings. The quantitative estimate of drug-likeness (QED) is 0.852. The van der Waals surface area contributed by atoms with Gasteiger partial charge in [0.1, 0.15) is 5.75 Å². The van der Waals surface area contributed by atoms with E-state index in [4.69, 9.17) is 11.6 Å². The van der Waals surface area contributed by atoms with Crippen LogP contribution in [0.5, 0.6) is 5.75 Å². The van der Waals surface area contributed by atoms with Crippen molar-refractivity contribution in [2.75, 3.05) is 7.05 Å². The van der Waals surface area contributed by atoms with Crippen LogP contribution in [-0.2, 0) is 13.1 Å². The van der Waals surface area contributed by atoms with Gasteiger partial charge in [-0.15, -0.1) is 0 Å². The van der Waals surface area contributed by atoms with Crippen molar-refractivity contribution in [2.45, 2.75) is 20.0 Å². The number of halogens is 1. The number of benzene rings is 2. The SMILES string of the molecule is CC(=O)c1ccc(O)c(CN(C)Cc2ccccc2Cl)c1. The number of rotatable bonds is 5. The predicted molar refractivity (Wildman–Crippen MR) is 84.7 cm³/mol. The second-order valence-electron chi connectivity index (χ2n) is 5.16. The molecule has 0 unspecified atom stereocenters.